The summed E-state index contributed by atoms with van der Waals surface area (Å²) in [6.07, 6.45) is 9.93. The molecule has 1 heterocycles. The molecule has 0 aromatic carbocycles. The molecule has 0 aliphatic carbocycles. The number of nitrogens with one attached hydrogen (secondary N) is 1. The number of pyridine rings is 1. The van der Waals surface area contributed by atoms with Crippen molar-refractivity contribution >= 4 is 27.5 Å². The van der Waals surface area contributed by atoms with Crippen LogP contribution in [0.25, 0.3) is 0 Å². The molecule has 5 heteroatoms. The molecule has 3 nitrogen and oxygen atoms in total. The van der Waals surface area contributed by atoms with Crippen LogP contribution < -0.4 is 5.32 Å². The number of carbonyl (C=O) groups is 1. The molecule has 1 amide bonds. The molecule has 21 heavy (non-hydrogen) atoms. The second-order valence-electron chi connectivity index (χ2n) is 4.94. The quantitative estimate of drug-likeness (QED) is 0.447. The SMILES string of the molecule is CCCCCCCCNC(=O)CCSSc1ccccn1. The van der Waals surface area contributed by atoms with Gasteiger partial charge in [0, 0.05) is 24.9 Å². The Bertz CT molecular complexity index is 374. The molecule has 1 aromatic rings. The Kier molecular flexibility index (Phi) is 11.4. The number of nitrogens with zero attached hydrogens (tertiary/aromatic N) is 1. The lowest BCUT2D eigenvalue weighted by Crippen LogP contribution is -2.24. The van der Waals surface area contributed by atoms with Crippen molar-refractivity contribution in [2.24, 2.45) is 0 Å². The second kappa shape index (κ2) is 13.0. The van der Waals surface area contributed by atoms with Crippen molar-refractivity contribution in [1.29, 1.82) is 0 Å². The summed E-state index contributed by atoms with van der Waals surface area (Å²) in [5, 5.41) is 3.99. The van der Waals surface area contributed by atoms with E-state index in [0.29, 0.717) is 6.42 Å². The first-order valence-corrected chi connectivity index (χ1v) is 10.1. The van der Waals surface area contributed by atoms with Crippen LogP contribution in [0.4, 0.5) is 0 Å². The van der Waals surface area contributed by atoms with Crippen LogP contribution in [0.1, 0.15) is 51.9 Å². The highest BCUT2D eigenvalue weighted by Gasteiger charge is 2.01. The molecule has 0 radical (unpaired) electrons. The fraction of sp³-hybridized carbons (Fsp3) is 0.625. The van der Waals surface area contributed by atoms with Crippen molar-refractivity contribution in [2.75, 3.05) is 12.3 Å². The van der Waals surface area contributed by atoms with Gasteiger partial charge in [-0.05, 0) is 29.3 Å². The Morgan fingerprint density at radius 2 is 2.00 bits per heavy atom. The number of rotatable bonds is 12. The van der Waals surface area contributed by atoms with E-state index in [1.54, 1.807) is 27.8 Å². The maximum Gasteiger partial charge on any atom is 0.220 e. The smallest absolute Gasteiger partial charge is 0.220 e. The van der Waals surface area contributed by atoms with Gasteiger partial charge >= 0.3 is 0 Å². The van der Waals surface area contributed by atoms with E-state index in [9.17, 15) is 4.79 Å². The first kappa shape index (κ1) is 18.4. The van der Waals surface area contributed by atoms with Crippen LogP contribution in [0, 0.1) is 0 Å². The number of aromatic nitrogens is 1. The molecular formula is C16H26N2OS2. The minimum absolute atomic E-state index is 0.165. The van der Waals surface area contributed by atoms with E-state index in [1.165, 1.54) is 32.1 Å². The number of hydrogen-bond donors (Lipinski definition) is 1. The maximum absolute atomic E-state index is 11.6. The molecule has 0 saturated carbocycles. The fourth-order valence-corrected chi connectivity index (χ4v) is 3.72. The van der Waals surface area contributed by atoms with Gasteiger partial charge in [-0.25, -0.2) is 4.98 Å². The molecule has 0 saturated heterocycles. The van der Waals surface area contributed by atoms with E-state index < -0.39 is 0 Å². The summed E-state index contributed by atoms with van der Waals surface area (Å²) in [5.74, 6) is 0.988. The van der Waals surface area contributed by atoms with E-state index >= 15 is 0 Å². The summed E-state index contributed by atoms with van der Waals surface area (Å²) < 4.78 is 0. The van der Waals surface area contributed by atoms with Crippen LogP contribution in [0.3, 0.4) is 0 Å². The molecule has 1 aromatic heterocycles. The zero-order chi connectivity index (χ0) is 15.2. The van der Waals surface area contributed by atoms with Crippen LogP contribution in [-0.2, 0) is 4.79 Å². The Hall–Kier alpha value is -0.680. The minimum atomic E-state index is 0.165. The van der Waals surface area contributed by atoms with Gasteiger partial charge in [0.05, 0.1) is 0 Å². The second-order valence-corrected chi connectivity index (χ2v) is 7.38. The van der Waals surface area contributed by atoms with E-state index in [0.717, 1.165) is 23.7 Å². The van der Waals surface area contributed by atoms with Gasteiger partial charge in [-0.2, -0.15) is 0 Å². The van der Waals surface area contributed by atoms with Crippen LogP contribution >= 0.6 is 21.6 Å². The van der Waals surface area contributed by atoms with Gasteiger partial charge in [0.15, 0.2) is 0 Å². The van der Waals surface area contributed by atoms with Gasteiger partial charge in [0.1, 0.15) is 5.03 Å². The molecule has 0 aliphatic rings. The summed E-state index contributed by atoms with van der Waals surface area (Å²) in [6.45, 7) is 3.05. The lowest BCUT2D eigenvalue weighted by Gasteiger charge is -2.05. The highest BCUT2D eigenvalue weighted by Crippen LogP contribution is 2.29. The minimum Gasteiger partial charge on any atom is -0.356 e. The third-order valence-electron chi connectivity index (χ3n) is 3.05. The number of amides is 1. The van der Waals surface area contributed by atoms with Crippen LogP contribution in [0.5, 0.6) is 0 Å². The Balaban J connectivity index is 1.90. The summed E-state index contributed by atoms with van der Waals surface area (Å²) >= 11 is 0. The topological polar surface area (TPSA) is 42.0 Å². The van der Waals surface area contributed by atoms with Gasteiger partial charge in [0.2, 0.25) is 5.91 Å². The summed E-state index contributed by atoms with van der Waals surface area (Å²) in [7, 11) is 3.31. The highest BCUT2D eigenvalue weighted by atomic mass is 33.1. The van der Waals surface area contributed by atoms with Crippen molar-refractivity contribution in [3.8, 4) is 0 Å². The Morgan fingerprint density at radius 1 is 1.19 bits per heavy atom. The average Bonchev–Trinajstić information content (AvgIpc) is 2.52. The molecule has 0 atom stereocenters. The molecule has 0 unspecified atom stereocenters. The zero-order valence-electron chi connectivity index (χ0n) is 12.8. The fourth-order valence-electron chi connectivity index (χ4n) is 1.85. The van der Waals surface area contributed by atoms with E-state index in [4.69, 9.17) is 0 Å². The molecule has 0 bridgehead atoms. The van der Waals surface area contributed by atoms with Crippen LogP contribution in [0.15, 0.2) is 29.4 Å². The molecule has 1 N–H and O–H groups in total. The Morgan fingerprint density at radius 3 is 2.76 bits per heavy atom. The van der Waals surface area contributed by atoms with Crippen molar-refractivity contribution in [2.45, 2.75) is 56.9 Å². The predicted molar refractivity (Wildman–Crippen MR) is 93.6 cm³/mol. The van der Waals surface area contributed by atoms with Gasteiger partial charge < -0.3 is 5.32 Å². The highest BCUT2D eigenvalue weighted by molar-refractivity contribution is 8.76. The first-order chi connectivity index (χ1) is 10.3. The predicted octanol–water partition coefficient (Wildman–Crippen LogP) is 4.69. The Labute approximate surface area is 136 Å². The lowest BCUT2D eigenvalue weighted by atomic mass is 10.1. The normalized spacial score (nSPS) is 10.5. The molecule has 1 rings (SSSR count). The summed E-state index contributed by atoms with van der Waals surface area (Å²) in [6, 6.07) is 5.86. The zero-order valence-corrected chi connectivity index (χ0v) is 14.5. The van der Waals surface area contributed by atoms with Gasteiger partial charge in [-0.1, -0.05) is 55.9 Å². The van der Waals surface area contributed by atoms with Gasteiger partial charge in [0.25, 0.3) is 0 Å². The standard InChI is InChI=1S/C16H26N2OS2/c1-2-3-4-5-6-8-12-17-15(19)11-14-20-21-16-10-7-9-13-18-16/h7,9-10,13H,2-6,8,11-12,14H2,1H3,(H,17,19). The van der Waals surface area contributed by atoms with E-state index in [2.05, 4.69) is 17.2 Å². The molecule has 118 valence electrons. The summed E-state index contributed by atoms with van der Waals surface area (Å²) in [4.78, 5) is 15.9. The first-order valence-electron chi connectivity index (χ1n) is 7.80. The van der Waals surface area contributed by atoms with Gasteiger partial charge in [-0.15, -0.1) is 0 Å². The van der Waals surface area contributed by atoms with Crippen LogP contribution in [-0.4, -0.2) is 23.2 Å². The van der Waals surface area contributed by atoms with Crippen molar-refractivity contribution < 1.29 is 4.79 Å². The average molecular weight is 327 g/mol. The third kappa shape index (κ3) is 10.7. The lowest BCUT2D eigenvalue weighted by molar-refractivity contribution is -0.120. The van der Waals surface area contributed by atoms with Gasteiger partial charge in [-0.3, -0.25) is 4.79 Å². The molecule has 0 aliphatic heterocycles. The van der Waals surface area contributed by atoms with E-state index in [-0.39, 0.29) is 5.91 Å². The van der Waals surface area contributed by atoms with Crippen molar-refractivity contribution in [3.05, 3.63) is 24.4 Å². The molecule has 0 fully saturated rings. The monoisotopic (exact) mass is 326 g/mol. The van der Waals surface area contributed by atoms with E-state index in [1.807, 2.05) is 18.2 Å². The van der Waals surface area contributed by atoms with Crippen molar-refractivity contribution in [1.82, 2.24) is 10.3 Å². The number of carbonyl (C=O) groups excluding carboxylic acids is 1. The summed E-state index contributed by atoms with van der Waals surface area (Å²) in [5.41, 5.74) is 0. The third-order valence-corrected chi connectivity index (χ3v) is 5.31. The largest absolute Gasteiger partial charge is 0.356 e. The maximum atomic E-state index is 11.6. The molecular weight excluding hydrogens is 300 g/mol. The number of unbranched alkanes of at least 4 members (excludes halogenated alkanes) is 5. The molecule has 0 spiro atoms. The van der Waals surface area contributed by atoms with Crippen molar-refractivity contribution in [3.63, 3.8) is 0 Å². The number of hydrogen-bond acceptors (Lipinski definition) is 4. The van der Waals surface area contributed by atoms with Crippen LogP contribution in [0.2, 0.25) is 0 Å².